The molecule has 3 heteroatoms. The van der Waals surface area contributed by atoms with Crippen LogP contribution in [0.3, 0.4) is 0 Å². The molecule has 2 N–H and O–H groups in total. The maximum absolute atomic E-state index is 6.32. The van der Waals surface area contributed by atoms with Gasteiger partial charge in [0.2, 0.25) is 0 Å². The van der Waals surface area contributed by atoms with Gasteiger partial charge in [0, 0.05) is 17.5 Å². The molecule has 1 unspecified atom stereocenters. The van der Waals surface area contributed by atoms with E-state index in [9.17, 15) is 0 Å². The molecule has 0 bridgehead atoms. The molecule has 1 aromatic heterocycles. The van der Waals surface area contributed by atoms with E-state index in [4.69, 9.17) is 10.5 Å². The highest BCUT2D eigenvalue weighted by Gasteiger charge is 2.14. The lowest BCUT2D eigenvalue weighted by Gasteiger charge is -2.17. The molecule has 1 heterocycles. The largest absolute Gasteiger partial charge is 0.496 e. The predicted octanol–water partition coefficient (Wildman–Crippen LogP) is 2.76. The summed E-state index contributed by atoms with van der Waals surface area (Å²) in [6, 6.07) is 9.80. The first-order valence-electron chi connectivity index (χ1n) is 5.94. The zero-order valence-corrected chi connectivity index (χ0v) is 11.0. The Morgan fingerprint density at radius 3 is 2.61 bits per heavy atom. The van der Waals surface area contributed by atoms with E-state index in [0.717, 1.165) is 22.6 Å². The van der Waals surface area contributed by atoms with E-state index in [1.807, 2.05) is 38.1 Å². The molecular weight excluding hydrogens is 224 g/mol. The molecule has 1 aromatic carbocycles. The van der Waals surface area contributed by atoms with E-state index < -0.39 is 0 Å². The lowest BCUT2D eigenvalue weighted by molar-refractivity contribution is 0.407. The van der Waals surface area contributed by atoms with E-state index in [1.165, 1.54) is 5.56 Å². The second-order valence-electron chi connectivity index (χ2n) is 4.45. The van der Waals surface area contributed by atoms with Crippen molar-refractivity contribution in [3.05, 3.63) is 58.9 Å². The van der Waals surface area contributed by atoms with Crippen molar-refractivity contribution in [2.75, 3.05) is 7.11 Å². The third-order valence-corrected chi connectivity index (χ3v) is 3.00. The summed E-state index contributed by atoms with van der Waals surface area (Å²) in [7, 11) is 1.67. The molecule has 0 saturated carbocycles. The summed E-state index contributed by atoms with van der Waals surface area (Å²) < 4.78 is 5.38. The van der Waals surface area contributed by atoms with E-state index >= 15 is 0 Å². The zero-order chi connectivity index (χ0) is 13.1. The number of hydrogen-bond donors (Lipinski definition) is 1. The van der Waals surface area contributed by atoms with E-state index in [1.54, 1.807) is 13.3 Å². The SMILES string of the molecule is COc1ccc(C)cc1C(N)c1ccnc(C)c1. The summed E-state index contributed by atoms with van der Waals surface area (Å²) in [6.07, 6.45) is 1.78. The first-order chi connectivity index (χ1) is 8.61. The Morgan fingerprint density at radius 1 is 1.17 bits per heavy atom. The van der Waals surface area contributed by atoms with Crippen LogP contribution >= 0.6 is 0 Å². The molecular formula is C15H18N2O. The fourth-order valence-corrected chi connectivity index (χ4v) is 2.04. The molecule has 0 aliphatic rings. The molecule has 1 atom stereocenters. The van der Waals surface area contributed by atoms with Gasteiger partial charge in [0.05, 0.1) is 13.2 Å². The molecule has 18 heavy (non-hydrogen) atoms. The highest BCUT2D eigenvalue weighted by atomic mass is 16.5. The number of benzene rings is 1. The molecule has 0 fully saturated rings. The van der Waals surface area contributed by atoms with Crippen LogP contribution in [0.4, 0.5) is 0 Å². The van der Waals surface area contributed by atoms with Crippen LogP contribution in [0.25, 0.3) is 0 Å². The Balaban J connectivity index is 2.44. The minimum Gasteiger partial charge on any atom is -0.496 e. The highest BCUT2D eigenvalue weighted by molar-refractivity contribution is 5.43. The maximum atomic E-state index is 6.32. The normalized spacial score (nSPS) is 12.2. The van der Waals surface area contributed by atoms with Crippen molar-refractivity contribution >= 4 is 0 Å². The molecule has 0 spiro atoms. The van der Waals surface area contributed by atoms with Crippen molar-refractivity contribution < 1.29 is 4.74 Å². The van der Waals surface area contributed by atoms with Crippen LogP contribution in [-0.4, -0.2) is 12.1 Å². The predicted molar refractivity (Wildman–Crippen MR) is 72.7 cm³/mol. The van der Waals surface area contributed by atoms with Crippen molar-refractivity contribution in [3.8, 4) is 5.75 Å². The van der Waals surface area contributed by atoms with E-state index in [0.29, 0.717) is 0 Å². The van der Waals surface area contributed by atoms with Crippen molar-refractivity contribution in [3.63, 3.8) is 0 Å². The van der Waals surface area contributed by atoms with Gasteiger partial charge in [0.1, 0.15) is 5.75 Å². The van der Waals surface area contributed by atoms with Crippen LogP contribution in [0.5, 0.6) is 5.75 Å². The van der Waals surface area contributed by atoms with E-state index in [2.05, 4.69) is 11.1 Å². The molecule has 3 nitrogen and oxygen atoms in total. The number of aryl methyl sites for hydroxylation is 2. The number of nitrogens with two attached hydrogens (primary N) is 1. The molecule has 0 amide bonds. The van der Waals surface area contributed by atoms with Gasteiger partial charge in [0.25, 0.3) is 0 Å². The number of ether oxygens (including phenoxy) is 1. The Hall–Kier alpha value is -1.87. The van der Waals surface area contributed by atoms with Gasteiger partial charge >= 0.3 is 0 Å². The van der Waals surface area contributed by atoms with Crippen LogP contribution in [-0.2, 0) is 0 Å². The zero-order valence-electron chi connectivity index (χ0n) is 11.0. The standard InChI is InChI=1S/C15H18N2O/c1-10-4-5-14(18-3)13(8-10)15(16)12-6-7-17-11(2)9-12/h4-9,15H,16H2,1-3H3. The molecule has 0 aliphatic carbocycles. The molecule has 0 aliphatic heterocycles. The Bertz CT molecular complexity index is 552. The minimum atomic E-state index is -0.193. The summed E-state index contributed by atoms with van der Waals surface area (Å²) in [6.45, 7) is 4.01. The average molecular weight is 242 g/mol. The Morgan fingerprint density at radius 2 is 1.94 bits per heavy atom. The van der Waals surface area contributed by atoms with Crippen LogP contribution in [0, 0.1) is 13.8 Å². The Kier molecular flexibility index (Phi) is 3.63. The number of hydrogen-bond acceptors (Lipinski definition) is 3. The quantitative estimate of drug-likeness (QED) is 0.900. The summed E-state index contributed by atoms with van der Waals surface area (Å²) >= 11 is 0. The van der Waals surface area contributed by atoms with Crippen molar-refractivity contribution in [1.29, 1.82) is 0 Å². The fourth-order valence-electron chi connectivity index (χ4n) is 2.04. The first kappa shape index (κ1) is 12.6. The lowest BCUT2D eigenvalue weighted by Crippen LogP contribution is -2.13. The van der Waals surface area contributed by atoms with Crippen LogP contribution in [0.15, 0.2) is 36.5 Å². The van der Waals surface area contributed by atoms with Crippen molar-refractivity contribution in [2.24, 2.45) is 5.73 Å². The van der Waals surface area contributed by atoms with Crippen molar-refractivity contribution in [1.82, 2.24) is 4.98 Å². The van der Waals surface area contributed by atoms with Gasteiger partial charge < -0.3 is 10.5 Å². The Labute approximate surface area is 108 Å². The van der Waals surface area contributed by atoms with Gasteiger partial charge in [-0.1, -0.05) is 17.7 Å². The smallest absolute Gasteiger partial charge is 0.123 e. The second kappa shape index (κ2) is 5.19. The van der Waals surface area contributed by atoms with Gasteiger partial charge in [0.15, 0.2) is 0 Å². The lowest BCUT2D eigenvalue weighted by atomic mass is 9.97. The van der Waals surface area contributed by atoms with Crippen molar-refractivity contribution in [2.45, 2.75) is 19.9 Å². The number of methoxy groups -OCH3 is 1. The topological polar surface area (TPSA) is 48.1 Å². The summed E-state index contributed by atoms with van der Waals surface area (Å²) in [5, 5.41) is 0. The molecule has 2 aromatic rings. The van der Waals surface area contributed by atoms with Crippen LogP contribution in [0.1, 0.15) is 28.4 Å². The highest BCUT2D eigenvalue weighted by Crippen LogP contribution is 2.29. The number of pyridine rings is 1. The fraction of sp³-hybridized carbons (Fsp3) is 0.267. The molecule has 0 saturated heterocycles. The summed E-state index contributed by atoms with van der Waals surface area (Å²) in [5.74, 6) is 0.822. The molecule has 2 rings (SSSR count). The van der Waals surface area contributed by atoms with Gasteiger partial charge in [-0.2, -0.15) is 0 Å². The second-order valence-corrected chi connectivity index (χ2v) is 4.45. The van der Waals surface area contributed by atoms with Gasteiger partial charge in [-0.05, 0) is 37.6 Å². The maximum Gasteiger partial charge on any atom is 0.123 e. The monoisotopic (exact) mass is 242 g/mol. The third-order valence-electron chi connectivity index (χ3n) is 3.00. The minimum absolute atomic E-state index is 0.193. The number of aromatic nitrogens is 1. The van der Waals surface area contributed by atoms with Gasteiger partial charge in [-0.15, -0.1) is 0 Å². The number of rotatable bonds is 3. The first-order valence-corrected chi connectivity index (χ1v) is 5.94. The van der Waals surface area contributed by atoms with Crippen LogP contribution in [0.2, 0.25) is 0 Å². The molecule has 0 radical (unpaired) electrons. The van der Waals surface area contributed by atoms with Crippen LogP contribution < -0.4 is 10.5 Å². The van der Waals surface area contributed by atoms with Gasteiger partial charge in [-0.3, -0.25) is 4.98 Å². The molecule has 94 valence electrons. The average Bonchev–Trinajstić information content (AvgIpc) is 2.38. The van der Waals surface area contributed by atoms with Gasteiger partial charge in [-0.25, -0.2) is 0 Å². The van der Waals surface area contributed by atoms with E-state index in [-0.39, 0.29) is 6.04 Å². The summed E-state index contributed by atoms with van der Waals surface area (Å²) in [5.41, 5.74) is 10.5. The number of nitrogens with zero attached hydrogens (tertiary/aromatic N) is 1. The summed E-state index contributed by atoms with van der Waals surface area (Å²) in [4.78, 5) is 4.19. The third kappa shape index (κ3) is 2.51.